The highest BCUT2D eigenvalue weighted by Crippen LogP contribution is 2.27. The highest BCUT2D eigenvalue weighted by atomic mass is 32.2. The maximum Gasteiger partial charge on any atom is 0.340 e. The van der Waals surface area contributed by atoms with Crippen LogP contribution in [-0.2, 0) is 15.3 Å². The van der Waals surface area contributed by atoms with Crippen molar-refractivity contribution in [1.29, 1.82) is 0 Å². The molecule has 136 valence electrons. The fourth-order valence-corrected chi connectivity index (χ4v) is 3.42. The van der Waals surface area contributed by atoms with Crippen LogP contribution >= 0.6 is 11.8 Å². The van der Waals surface area contributed by atoms with Crippen molar-refractivity contribution in [3.63, 3.8) is 0 Å². The molecule has 2 aromatic rings. The lowest BCUT2D eigenvalue weighted by atomic mass is 10.2. The van der Waals surface area contributed by atoms with Gasteiger partial charge in [0.1, 0.15) is 5.76 Å². The van der Waals surface area contributed by atoms with Gasteiger partial charge in [0.05, 0.1) is 17.6 Å². The minimum atomic E-state index is -1.05. The molecule has 1 aliphatic rings. The zero-order chi connectivity index (χ0) is 18.5. The van der Waals surface area contributed by atoms with Crippen LogP contribution in [0.15, 0.2) is 52.0 Å². The molecule has 8 heteroatoms. The van der Waals surface area contributed by atoms with Gasteiger partial charge < -0.3 is 14.5 Å². The summed E-state index contributed by atoms with van der Waals surface area (Å²) in [4.78, 5) is 38.1. The van der Waals surface area contributed by atoms with Gasteiger partial charge in [-0.25, -0.2) is 9.59 Å². The van der Waals surface area contributed by atoms with E-state index in [0.717, 1.165) is 15.6 Å². The van der Waals surface area contributed by atoms with Gasteiger partial charge >= 0.3 is 12.0 Å². The van der Waals surface area contributed by atoms with E-state index in [2.05, 4.69) is 5.32 Å². The molecule has 1 fully saturated rings. The van der Waals surface area contributed by atoms with E-state index < -0.39 is 24.0 Å². The number of imide groups is 1. The first-order valence-corrected chi connectivity index (χ1v) is 9.09. The third-order valence-corrected chi connectivity index (χ3v) is 4.91. The van der Waals surface area contributed by atoms with Gasteiger partial charge in [-0.2, -0.15) is 0 Å². The number of carbonyl (C=O) groups excluding carboxylic acids is 3. The monoisotopic (exact) mass is 374 g/mol. The number of esters is 1. The first kappa shape index (κ1) is 18.1. The van der Waals surface area contributed by atoms with Gasteiger partial charge in [-0.15, -0.1) is 11.8 Å². The van der Waals surface area contributed by atoms with Crippen LogP contribution in [-0.4, -0.2) is 42.0 Å². The second-order valence-corrected chi connectivity index (χ2v) is 6.65. The summed E-state index contributed by atoms with van der Waals surface area (Å²) in [6.45, 7) is 2.14. The minimum absolute atomic E-state index is 0.273. The van der Waals surface area contributed by atoms with E-state index in [1.165, 1.54) is 18.7 Å². The molecule has 0 bridgehead atoms. The summed E-state index contributed by atoms with van der Waals surface area (Å²) >= 11 is 1.44. The van der Waals surface area contributed by atoms with E-state index in [1.807, 2.05) is 18.2 Å². The number of hydrogen-bond donors (Lipinski definition) is 1. The summed E-state index contributed by atoms with van der Waals surface area (Å²) in [7, 11) is 0. The lowest BCUT2D eigenvalue weighted by molar-refractivity contribution is -0.136. The second kappa shape index (κ2) is 8.09. The van der Waals surface area contributed by atoms with Gasteiger partial charge in [0, 0.05) is 18.0 Å². The standard InChI is InChI=1S/C18H18N2O5S/c1-12(16(21)20-9-8-19-18(20)23)25-17(22)14-6-2-3-7-15(14)26-11-13-5-4-10-24-13/h2-7,10,12H,8-9,11H2,1H3,(H,19,23). The average molecular weight is 374 g/mol. The largest absolute Gasteiger partial charge is 0.468 e. The van der Waals surface area contributed by atoms with Crippen LogP contribution in [0.1, 0.15) is 23.0 Å². The Hall–Kier alpha value is -2.74. The van der Waals surface area contributed by atoms with Crippen molar-refractivity contribution in [2.24, 2.45) is 0 Å². The Morgan fingerprint density at radius 2 is 2.12 bits per heavy atom. The van der Waals surface area contributed by atoms with Crippen molar-refractivity contribution in [2.45, 2.75) is 23.7 Å². The number of benzene rings is 1. The third kappa shape index (κ3) is 4.08. The molecular formula is C18H18N2O5S. The fourth-order valence-electron chi connectivity index (χ4n) is 2.48. The SMILES string of the molecule is CC(OC(=O)c1ccccc1SCc1ccco1)C(=O)N1CCNC1=O. The quantitative estimate of drug-likeness (QED) is 0.618. The number of rotatable bonds is 6. The van der Waals surface area contributed by atoms with Gasteiger partial charge in [0.25, 0.3) is 5.91 Å². The van der Waals surface area contributed by atoms with Gasteiger partial charge in [0.15, 0.2) is 6.10 Å². The Morgan fingerprint density at radius 1 is 1.31 bits per heavy atom. The second-order valence-electron chi connectivity index (χ2n) is 5.63. The summed E-state index contributed by atoms with van der Waals surface area (Å²) in [6.07, 6.45) is 0.548. The highest BCUT2D eigenvalue weighted by molar-refractivity contribution is 7.98. The molecule has 0 saturated carbocycles. The van der Waals surface area contributed by atoms with Crippen LogP contribution in [0.2, 0.25) is 0 Å². The van der Waals surface area contributed by atoms with E-state index >= 15 is 0 Å². The molecule has 3 rings (SSSR count). The molecule has 1 unspecified atom stereocenters. The molecule has 1 atom stereocenters. The normalized spacial score (nSPS) is 14.8. The Kier molecular flexibility index (Phi) is 5.62. The van der Waals surface area contributed by atoms with E-state index in [0.29, 0.717) is 17.9 Å². The zero-order valence-electron chi connectivity index (χ0n) is 14.1. The van der Waals surface area contributed by atoms with Crippen molar-refractivity contribution in [3.05, 3.63) is 54.0 Å². The number of nitrogens with one attached hydrogen (secondary N) is 1. The maximum absolute atomic E-state index is 12.5. The lowest BCUT2D eigenvalue weighted by Gasteiger charge is -2.18. The molecule has 7 nitrogen and oxygen atoms in total. The van der Waals surface area contributed by atoms with Crippen molar-refractivity contribution in [2.75, 3.05) is 13.1 Å². The van der Waals surface area contributed by atoms with E-state index in [-0.39, 0.29) is 6.54 Å². The molecule has 1 aromatic heterocycles. The van der Waals surface area contributed by atoms with Crippen molar-refractivity contribution < 1.29 is 23.5 Å². The van der Waals surface area contributed by atoms with Gasteiger partial charge in [-0.05, 0) is 31.2 Å². The Balaban J connectivity index is 1.65. The molecule has 1 saturated heterocycles. The summed E-state index contributed by atoms with van der Waals surface area (Å²) in [6, 6.07) is 10.2. The van der Waals surface area contributed by atoms with Gasteiger partial charge in [0.2, 0.25) is 0 Å². The number of urea groups is 1. The number of thioether (sulfide) groups is 1. The molecule has 0 radical (unpaired) electrons. The molecule has 3 amide bonds. The number of furan rings is 1. The number of ether oxygens (including phenoxy) is 1. The van der Waals surface area contributed by atoms with Crippen LogP contribution in [0.5, 0.6) is 0 Å². The molecule has 1 aliphatic heterocycles. The summed E-state index contributed by atoms with van der Waals surface area (Å²) in [5, 5.41) is 2.54. The number of nitrogens with zero attached hydrogens (tertiary/aromatic N) is 1. The third-order valence-electron chi connectivity index (χ3n) is 3.81. The van der Waals surface area contributed by atoms with Crippen molar-refractivity contribution >= 4 is 29.7 Å². The zero-order valence-corrected chi connectivity index (χ0v) is 15.0. The molecule has 1 aromatic carbocycles. The van der Waals surface area contributed by atoms with Crippen LogP contribution in [0, 0.1) is 0 Å². The minimum Gasteiger partial charge on any atom is -0.468 e. The Labute approximate surface area is 154 Å². The van der Waals surface area contributed by atoms with E-state index in [4.69, 9.17) is 9.15 Å². The lowest BCUT2D eigenvalue weighted by Crippen LogP contribution is -2.41. The topological polar surface area (TPSA) is 88.8 Å². The highest BCUT2D eigenvalue weighted by Gasteiger charge is 2.32. The molecule has 0 spiro atoms. The molecule has 1 N–H and O–H groups in total. The molecule has 2 heterocycles. The van der Waals surface area contributed by atoms with Crippen LogP contribution in [0.25, 0.3) is 0 Å². The summed E-state index contributed by atoms with van der Waals surface area (Å²) < 4.78 is 10.6. The fraction of sp³-hybridized carbons (Fsp3) is 0.278. The Bertz CT molecular complexity index is 806. The van der Waals surface area contributed by atoms with Crippen LogP contribution in [0.3, 0.4) is 0 Å². The smallest absolute Gasteiger partial charge is 0.340 e. The number of carbonyl (C=O) groups is 3. The molecule has 0 aliphatic carbocycles. The van der Waals surface area contributed by atoms with Crippen LogP contribution in [0.4, 0.5) is 4.79 Å². The van der Waals surface area contributed by atoms with Gasteiger partial charge in [-0.3, -0.25) is 9.69 Å². The maximum atomic E-state index is 12.5. The van der Waals surface area contributed by atoms with Crippen molar-refractivity contribution in [1.82, 2.24) is 10.2 Å². The predicted octanol–water partition coefficient (Wildman–Crippen LogP) is 2.67. The van der Waals surface area contributed by atoms with E-state index in [9.17, 15) is 14.4 Å². The summed E-state index contributed by atoms with van der Waals surface area (Å²) in [5.74, 6) is 0.225. The molecule has 26 heavy (non-hydrogen) atoms. The average Bonchev–Trinajstić information content (AvgIpc) is 3.31. The number of hydrogen-bond acceptors (Lipinski definition) is 6. The van der Waals surface area contributed by atoms with Crippen molar-refractivity contribution in [3.8, 4) is 0 Å². The Morgan fingerprint density at radius 3 is 2.81 bits per heavy atom. The first-order valence-electron chi connectivity index (χ1n) is 8.10. The van der Waals surface area contributed by atoms with Crippen LogP contribution < -0.4 is 5.32 Å². The summed E-state index contributed by atoms with van der Waals surface area (Å²) in [5.41, 5.74) is 0.370. The number of amides is 3. The van der Waals surface area contributed by atoms with E-state index in [1.54, 1.807) is 24.5 Å². The molecular weight excluding hydrogens is 356 g/mol. The van der Waals surface area contributed by atoms with Gasteiger partial charge in [-0.1, -0.05) is 12.1 Å². The first-order chi connectivity index (χ1) is 12.6. The predicted molar refractivity (Wildman–Crippen MR) is 94.7 cm³/mol.